The second-order valence-electron chi connectivity index (χ2n) is 38.9. The number of hydrogen-bond acceptors (Lipinski definition) is 5. The van der Waals surface area contributed by atoms with Gasteiger partial charge in [0.2, 0.25) is 6.71 Å². The normalized spacial score (nSPS) is 36.1. The maximum atomic E-state index is 3.51. The highest BCUT2D eigenvalue weighted by Crippen LogP contribution is 2.68. The first-order valence-electron chi connectivity index (χ1n) is 45.6. The zero-order valence-electron chi connectivity index (χ0n) is 64.8. The summed E-state index contributed by atoms with van der Waals surface area (Å²) < 4.78 is 0. The molecule has 0 amide bonds. The van der Waals surface area contributed by atoms with E-state index in [2.05, 4.69) is 178 Å². The number of nitrogens with zero attached hydrogens (tertiary/aromatic N) is 4. The van der Waals surface area contributed by atoms with Gasteiger partial charge in [0, 0.05) is 81.1 Å². The molecule has 3 saturated heterocycles. The Balaban J connectivity index is 0.729. The lowest BCUT2D eigenvalue weighted by molar-refractivity contribution is -0.0166. The lowest BCUT2D eigenvalue weighted by Crippen LogP contribution is -2.69. The molecule has 14 unspecified atom stereocenters. The SMILES string of the molecule is Cc1cccc(-c2ccccc2)c1N1C2=CC3SC4CC(N(C5CCC(C6CCCCC6)CC5)C5CCCC(C6CCCCC6)C5)CC5CC6CCCCC6B(C3C=C2B2c3ccccc3N(c3ccccc3)C3CC(N(c6cccc(C7CCCCC7)c6)C6CCC(C7CCCCC7)CC6)CC1C23)C54. The summed E-state index contributed by atoms with van der Waals surface area (Å²) in [6.45, 7) is 3.63. The maximum Gasteiger partial charge on any atom is 0.221 e. The van der Waals surface area contributed by atoms with Crippen molar-refractivity contribution in [1.29, 1.82) is 0 Å². The minimum Gasteiger partial charge on any atom is -0.365 e. The molecule has 554 valence electrons. The van der Waals surface area contributed by atoms with Crippen molar-refractivity contribution >= 4 is 53.4 Å². The van der Waals surface area contributed by atoms with Crippen LogP contribution in [0.5, 0.6) is 0 Å². The summed E-state index contributed by atoms with van der Waals surface area (Å²) in [6.07, 6.45) is 65.9. The van der Waals surface area contributed by atoms with Gasteiger partial charge in [-0.15, -0.1) is 0 Å². The number of benzene rings is 5. The van der Waals surface area contributed by atoms with Crippen LogP contribution in [0.25, 0.3) is 11.1 Å². The largest absolute Gasteiger partial charge is 0.365 e. The van der Waals surface area contributed by atoms with Crippen molar-refractivity contribution in [3.63, 3.8) is 0 Å². The fourth-order valence-corrected chi connectivity index (χ4v) is 31.5. The summed E-state index contributed by atoms with van der Waals surface area (Å²) in [4.78, 5) is 12.9. The predicted molar refractivity (Wildman–Crippen MR) is 449 cm³/mol. The minimum absolute atomic E-state index is 0.279. The van der Waals surface area contributed by atoms with Gasteiger partial charge in [0.15, 0.2) is 6.71 Å². The Hall–Kier alpha value is -4.58. The number of anilines is 4. The topological polar surface area (TPSA) is 13.0 Å². The highest BCUT2D eigenvalue weighted by molar-refractivity contribution is 8.01. The third-order valence-electron chi connectivity index (χ3n) is 33.8. The summed E-state index contributed by atoms with van der Waals surface area (Å²) in [7, 11) is 0. The van der Waals surface area contributed by atoms with E-state index >= 15 is 0 Å². The fraction of sp³-hybridized carbons (Fsp3) is 0.653. The van der Waals surface area contributed by atoms with Gasteiger partial charge in [0.05, 0.1) is 5.69 Å². The summed E-state index contributed by atoms with van der Waals surface area (Å²) >= 11 is 2.60. The van der Waals surface area contributed by atoms with Crippen molar-refractivity contribution in [2.45, 2.75) is 352 Å². The summed E-state index contributed by atoms with van der Waals surface area (Å²) in [6, 6.07) is 55.7. The molecule has 20 rings (SSSR count). The van der Waals surface area contributed by atoms with Crippen molar-refractivity contribution < 1.29 is 0 Å². The second-order valence-corrected chi connectivity index (χ2v) is 40.3. The monoisotopic (exact) mass is 1420 g/mol. The molecule has 14 atom stereocenters. The molecule has 13 fully saturated rings. The molecular formula is C98H130B2N4S. The van der Waals surface area contributed by atoms with Crippen molar-refractivity contribution in [3.05, 3.63) is 162 Å². The van der Waals surface area contributed by atoms with Gasteiger partial charge < -0.3 is 14.7 Å². The maximum absolute atomic E-state index is 3.51. The molecule has 0 aromatic heterocycles. The summed E-state index contributed by atoms with van der Waals surface area (Å²) in [5.74, 6) is 10.9. The third-order valence-corrected chi connectivity index (χ3v) is 35.4. The number of para-hydroxylation sites is 3. The van der Waals surface area contributed by atoms with Gasteiger partial charge in [0.25, 0.3) is 0 Å². The molecule has 15 aliphatic rings. The minimum atomic E-state index is 0.279. The van der Waals surface area contributed by atoms with E-state index in [1.807, 2.05) is 0 Å². The molecule has 0 N–H and O–H groups in total. The smallest absolute Gasteiger partial charge is 0.221 e. The van der Waals surface area contributed by atoms with E-state index in [0.717, 1.165) is 89.1 Å². The molecule has 4 nitrogen and oxygen atoms in total. The molecule has 10 saturated carbocycles. The Kier molecular flexibility index (Phi) is 20.3. The lowest BCUT2D eigenvalue weighted by atomic mass is 9.18. The van der Waals surface area contributed by atoms with Crippen LogP contribution in [-0.2, 0) is 0 Å². The molecule has 5 aromatic carbocycles. The Bertz CT molecular complexity index is 3830. The molecular weight excluding hydrogens is 1290 g/mol. The Labute approximate surface area is 641 Å². The second kappa shape index (κ2) is 30.6. The number of thioether (sulfide) groups is 1. The number of aryl methyl sites for hydroxylation is 1. The van der Waals surface area contributed by atoms with Crippen LogP contribution in [0.15, 0.2) is 151 Å². The quantitative estimate of drug-likeness (QED) is 0.109. The Morgan fingerprint density at radius 3 is 1.72 bits per heavy atom. The number of fused-ring (bicyclic) bond motifs is 8. The Morgan fingerprint density at radius 2 is 1.00 bits per heavy atom. The van der Waals surface area contributed by atoms with E-state index < -0.39 is 0 Å². The van der Waals surface area contributed by atoms with Gasteiger partial charge in [-0.05, 0) is 240 Å². The van der Waals surface area contributed by atoms with E-state index in [1.54, 1.807) is 27.9 Å². The molecule has 0 radical (unpaired) electrons. The van der Waals surface area contributed by atoms with E-state index in [1.165, 1.54) is 297 Å². The zero-order valence-corrected chi connectivity index (χ0v) is 65.6. The first kappa shape index (κ1) is 69.6. The predicted octanol–water partition coefficient (Wildman–Crippen LogP) is 25.4. The molecule has 5 aromatic rings. The van der Waals surface area contributed by atoms with E-state index in [-0.39, 0.29) is 6.04 Å². The van der Waals surface area contributed by atoms with Crippen LogP contribution in [-0.4, -0.2) is 71.1 Å². The number of rotatable bonds is 13. The van der Waals surface area contributed by atoms with Gasteiger partial charge in [0.1, 0.15) is 0 Å². The first-order valence-corrected chi connectivity index (χ1v) is 46.6. The van der Waals surface area contributed by atoms with Gasteiger partial charge in [-0.25, -0.2) is 0 Å². The fourth-order valence-electron chi connectivity index (χ4n) is 29.5. The van der Waals surface area contributed by atoms with Gasteiger partial charge in [-0.2, -0.15) is 11.8 Å². The highest BCUT2D eigenvalue weighted by Gasteiger charge is 2.64. The Morgan fingerprint density at radius 1 is 0.410 bits per heavy atom. The van der Waals surface area contributed by atoms with E-state index in [0.29, 0.717) is 47.6 Å². The molecule has 105 heavy (non-hydrogen) atoms. The van der Waals surface area contributed by atoms with Crippen molar-refractivity contribution in [3.8, 4) is 11.1 Å². The molecule has 7 heteroatoms. The van der Waals surface area contributed by atoms with Crippen LogP contribution >= 0.6 is 11.8 Å². The average molecular weight is 1420 g/mol. The van der Waals surface area contributed by atoms with Crippen LogP contribution in [0.1, 0.15) is 280 Å². The molecule has 4 aliphatic heterocycles. The average Bonchev–Trinajstić information content (AvgIpc) is 0.687. The van der Waals surface area contributed by atoms with Gasteiger partial charge >= 0.3 is 0 Å². The molecule has 11 aliphatic carbocycles. The number of hydrogen-bond donors (Lipinski definition) is 0. The lowest BCUT2D eigenvalue weighted by Gasteiger charge is -2.64. The van der Waals surface area contributed by atoms with Crippen LogP contribution in [0.2, 0.25) is 23.3 Å². The van der Waals surface area contributed by atoms with Gasteiger partial charge in [-0.1, -0.05) is 274 Å². The molecule has 0 spiro atoms. The van der Waals surface area contributed by atoms with Crippen molar-refractivity contribution in [2.24, 2.45) is 47.3 Å². The first-order chi connectivity index (χ1) is 52.0. The number of allylic oxidation sites excluding steroid dienone is 2. The van der Waals surface area contributed by atoms with Crippen molar-refractivity contribution in [1.82, 2.24) is 4.90 Å². The van der Waals surface area contributed by atoms with Crippen molar-refractivity contribution in [2.75, 3.05) is 14.7 Å². The third kappa shape index (κ3) is 13.2. The molecule has 0 bridgehead atoms. The van der Waals surface area contributed by atoms with E-state index in [4.69, 9.17) is 0 Å². The zero-order chi connectivity index (χ0) is 69.5. The van der Waals surface area contributed by atoms with Gasteiger partial charge in [-0.3, -0.25) is 4.90 Å². The molecule has 4 heterocycles. The standard InChI is InChI=1S/C98H130B2N4S/c1-66-27-24-45-85(73-36-16-6-17-37-73)98(66)104-91-65-94-89(99-86-46-21-20-38-76(86)57-77-60-83(63-95(105-94)96(77)99)101(79-53-49-71(50-54-79)67-28-8-2-9-29-67)81-43-25-39-74(58-81)69-32-12-4-13-33-69)64-88(91)100-87-47-22-23-48-90(87)103(78-41-18-7-19-42-78)92-61-84(62-93(104)97(92)100)102(80-55-51-72(52-56-80)68-30-10-3-11-31-68)82-44-26-40-75(59-82)70-34-14-5-15-35-70/h6-7,16-19,22-24,26-27,36-37,40-42,44-45,47-48,59,64-65,67-72,74,76-77,79-81,83-84,86,89,92-97H,2-5,8-15,20-21,25,28-35,38-39,43,46,49-58,60-63H2,1H3. The van der Waals surface area contributed by atoms with Crippen LogP contribution in [0.3, 0.4) is 0 Å². The summed E-state index contributed by atoms with van der Waals surface area (Å²) in [5.41, 5.74) is 16.7. The van der Waals surface area contributed by atoms with Crippen LogP contribution in [0, 0.1) is 54.3 Å². The highest BCUT2D eigenvalue weighted by atomic mass is 32.2. The van der Waals surface area contributed by atoms with Crippen LogP contribution in [0.4, 0.5) is 22.7 Å². The van der Waals surface area contributed by atoms with E-state index in [9.17, 15) is 0 Å². The summed E-state index contributed by atoms with van der Waals surface area (Å²) in [5, 5.41) is 1.22. The van der Waals surface area contributed by atoms with Crippen LogP contribution < -0.4 is 20.2 Å².